The smallest absolute Gasteiger partial charge is 0.409 e. The van der Waals surface area contributed by atoms with E-state index >= 15 is 0 Å². The van der Waals surface area contributed by atoms with E-state index in [1.165, 1.54) is 37.1 Å². The van der Waals surface area contributed by atoms with E-state index in [0.717, 1.165) is 57.3 Å². The first-order valence-electron chi connectivity index (χ1n) is 14.5. The van der Waals surface area contributed by atoms with Crippen LogP contribution in [0, 0.1) is 0 Å². The Hall–Kier alpha value is -2.42. The molecule has 2 aliphatic rings. The van der Waals surface area contributed by atoms with Gasteiger partial charge in [0, 0.05) is 38.8 Å². The lowest BCUT2D eigenvalue weighted by Crippen LogP contribution is -2.51. The number of likely N-dealkylation sites (tertiary alicyclic amines) is 1. The molecule has 8 heteroatoms. The van der Waals surface area contributed by atoms with E-state index in [2.05, 4.69) is 21.9 Å². The summed E-state index contributed by atoms with van der Waals surface area (Å²) < 4.78 is 33.1. The maximum absolute atomic E-state index is 13.2. The second-order valence-corrected chi connectivity index (χ2v) is 13.1. The van der Waals surface area contributed by atoms with Crippen molar-refractivity contribution in [3.8, 4) is 0 Å². The number of benzene rings is 2. The number of carbonyl (C=O) groups excluding carboxylic acids is 1. The first kappa shape index (κ1) is 29.6. The number of methoxy groups -OCH3 is 1. The molecule has 0 N–H and O–H groups in total. The first-order chi connectivity index (χ1) is 18.9. The van der Waals surface area contributed by atoms with E-state index in [1.807, 2.05) is 24.3 Å². The molecule has 214 valence electrons. The minimum atomic E-state index is -3.56. The van der Waals surface area contributed by atoms with E-state index in [-0.39, 0.29) is 18.1 Å². The number of nitrogens with zero attached hydrogens (tertiary/aromatic N) is 3. The summed E-state index contributed by atoms with van der Waals surface area (Å²) in [7, 11) is -0.377. The summed E-state index contributed by atoms with van der Waals surface area (Å²) in [6, 6.07) is 19.4. The van der Waals surface area contributed by atoms with Gasteiger partial charge in [-0.15, -0.1) is 0 Å². The summed E-state index contributed by atoms with van der Waals surface area (Å²) in [4.78, 5) is 17.7. The molecule has 0 radical (unpaired) electrons. The molecule has 2 fully saturated rings. The van der Waals surface area contributed by atoms with Gasteiger partial charge in [0.05, 0.1) is 12.0 Å². The molecule has 1 aliphatic heterocycles. The van der Waals surface area contributed by atoms with Crippen LogP contribution in [0.1, 0.15) is 69.3 Å². The number of hydrogen-bond donors (Lipinski definition) is 0. The van der Waals surface area contributed by atoms with E-state index in [4.69, 9.17) is 4.74 Å². The van der Waals surface area contributed by atoms with Crippen molar-refractivity contribution in [1.29, 1.82) is 0 Å². The molecule has 1 aliphatic carbocycles. The maximum atomic E-state index is 13.2. The van der Waals surface area contributed by atoms with E-state index in [1.54, 1.807) is 31.3 Å². The third-order valence-corrected chi connectivity index (χ3v) is 10.4. The predicted molar refractivity (Wildman–Crippen MR) is 155 cm³/mol. The van der Waals surface area contributed by atoms with Gasteiger partial charge in [-0.1, -0.05) is 74.2 Å². The molecule has 1 saturated heterocycles. The molecule has 1 unspecified atom stereocenters. The fraction of sp³-hybridized carbons (Fsp3) is 0.581. The zero-order chi connectivity index (χ0) is 27.7. The van der Waals surface area contributed by atoms with E-state index < -0.39 is 10.0 Å². The lowest BCUT2D eigenvalue weighted by atomic mass is 9.94. The molecule has 7 nitrogen and oxygen atoms in total. The van der Waals surface area contributed by atoms with Gasteiger partial charge >= 0.3 is 6.09 Å². The van der Waals surface area contributed by atoms with Crippen LogP contribution >= 0.6 is 0 Å². The van der Waals surface area contributed by atoms with Crippen molar-refractivity contribution in [3.63, 3.8) is 0 Å². The lowest BCUT2D eigenvalue weighted by molar-refractivity contribution is 0.0503. The molecule has 0 aromatic heterocycles. The second-order valence-electron chi connectivity index (χ2n) is 11.1. The van der Waals surface area contributed by atoms with Crippen LogP contribution in [-0.2, 0) is 14.8 Å². The van der Waals surface area contributed by atoms with Crippen LogP contribution in [0.15, 0.2) is 65.6 Å². The van der Waals surface area contributed by atoms with Crippen molar-refractivity contribution in [2.45, 2.75) is 80.7 Å². The van der Waals surface area contributed by atoms with Crippen LogP contribution in [0.3, 0.4) is 0 Å². The van der Waals surface area contributed by atoms with Gasteiger partial charge in [-0.05, 0) is 62.3 Å². The Morgan fingerprint density at radius 3 is 2.05 bits per heavy atom. The molecular weight excluding hydrogens is 510 g/mol. The number of piperidine rings is 1. The number of rotatable bonds is 10. The van der Waals surface area contributed by atoms with Gasteiger partial charge in [0.25, 0.3) is 0 Å². The normalized spacial score (nSPS) is 18.9. The number of sulfonamides is 1. The number of ether oxygens (including phenoxy) is 1. The maximum Gasteiger partial charge on any atom is 0.409 e. The lowest BCUT2D eigenvalue weighted by Gasteiger charge is -2.41. The fourth-order valence-electron chi connectivity index (χ4n) is 6.27. The SMILES string of the molecule is COC(=O)N(C1CCCCCC1)C1CCN(CCC(CN(C)S(=O)(=O)c2ccccc2)c2ccccc2)CC1. The van der Waals surface area contributed by atoms with Gasteiger partial charge in [-0.3, -0.25) is 0 Å². The Labute approximate surface area is 235 Å². The summed E-state index contributed by atoms with van der Waals surface area (Å²) in [6.45, 7) is 3.19. The van der Waals surface area contributed by atoms with Crippen LogP contribution < -0.4 is 0 Å². The third-order valence-electron chi connectivity index (χ3n) is 8.55. The minimum absolute atomic E-state index is 0.0879. The molecular formula is C31H45N3O4S. The number of likely N-dealkylation sites (N-methyl/N-ethyl adjacent to an activating group) is 1. The topological polar surface area (TPSA) is 70.2 Å². The zero-order valence-electron chi connectivity index (χ0n) is 23.6. The van der Waals surface area contributed by atoms with E-state index in [9.17, 15) is 13.2 Å². The summed E-state index contributed by atoms with van der Waals surface area (Å²) in [6.07, 6.45) is 9.63. The summed E-state index contributed by atoms with van der Waals surface area (Å²) >= 11 is 0. The van der Waals surface area contributed by atoms with Crippen LogP contribution in [0.4, 0.5) is 4.79 Å². The largest absolute Gasteiger partial charge is 0.453 e. The highest BCUT2D eigenvalue weighted by Gasteiger charge is 2.34. The van der Waals surface area contributed by atoms with Crippen LogP contribution in [-0.4, -0.2) is 81.0 Å². The van der Waals surface area contributed by atoms with E-state index in [0.29, 0.717) is 17.5 Å². The summed E-state index contributed by atoms with van der Waals surface area (Å²) in [5.41, 5.74) is 1.16. The van der Waals surface area contributed by atoms with Crippen molar-refractivity contribution in [1.82, 2.24) is 14.1 Å². The highest BCUT2D eigenvalue weighted by Crippen LogP contribution is 2.29. The highest BCUT2D eigenvalue weighted by molar-refractivity contribution is 7.89. The Bertz CT molecular complexity index is 1110. The molecule has 1 saturated carbocycles. The summed E-state index contributed by atoms with van der Waals surface area (Å²) in [5, 5.41) is 0. The molecule has 1 atom stereocenters. The molecule has 0 spiro atoms. The van der Waals surface area contributed by atoms with Crippen LogP contribution in [0.5, 0.6) is 0 Å². The van der Waals surface area contributed by atoms with Gasteiger partial charge in [0.1, 0.15) is 0 Å². The van der Waals surface area contributed by atoms with Crippen molar-refractivity contribution in [3.05, 3.63) is 66.2 Å². The first-order valence-corrected chi connectivity index (χ1v) is 16.0. The van der Waals surface area contributed by atoms with Gasteiger partial charge < -0.3 is 14.5 Å². The average Bonchev–Trinajstić information content (AvgIpc) is 3.26. The third kappa shape index (κ3) is 7.83. The van der Waals surface area contributed by atoms with Crippen LogP contribution in [0.2, 0.25) is 0 Å². The van der Waals surface area contributed by atoms with Gasteiger partial charge in [0.2, 0.25) is 10.0 Å². The van der Waals surface area contributed by atoms with Crippen molar-refractivity contribution >= 4 is 16.1 Å². The number of amides is 1. The molecule has 2 aromatic carbocycles. The van der Waals surface area contributed by atoms with Gasteiger partial charge in [0.15, 0.2) is 0 Å². The number of carbonyl (C=O) groups is 1. The van der Waals surface area contributed by atoms with Crippen LogP contribution in [0.25, 0.3) is 0 Å². The molecule has 39 heavy (non-hydrogen) atoms. The molecule has 1 heterocycles. The monoisotopic (exact) mass is 555 g/mol. The predicted octanol–water partition coefficient (Wildman–Crippen LogP) is 5.74. The van der Waals surface area contributed by atoms with Gasteiger partial charge in [-0.2, -0.15) is 0 Å². The molecule has 4 rings (SSSR count). The number of hydrogen-bond acceptors (Lipinski definition) is 5. The highest BCUT2D eigenvalue weighted by atomic mass is 32.2. The quantitative estimate of drug-likeness (QED) is 0.350. The Balaban J connectivity index is 1.37. The molecule has 2 aromatic rings. The fourth-order valence-corrected chi connectivity index (χ4v) is 7.50. The van der Waals surface area contributed by atoms with Crippen molar-refractivity contribution < 1.29 is 17.9 Å². The Morgan fingerprint density at radius 1 is 0.897 bits per heavy atom. The zero-order valence-corrected chi connectivity index (χ0v) is 24.4. The Kier molecular flexibility index (Phi) is 10.8. The Morgan fingerprint density at radius 2 is 1.46 bits per heavy atom. The average molecular weight is 556 g/mol. The summed E-state index contributed by atoms with van der Waals surface area (Å²) in [5.74, 6) is 0.0879. The standard InChI is InChI=1S/C31H45N3O4S/c1-32(39(36,37)30-17-11-6-12-18-30)25-27(26-13-7-5-8-14-26)19-22-33-23-20-29(21-24-33)34(31(35)38-2)28-15-9-3-4-10-16-28/h5-8,11-14,17-18,27-29H,3-4,9-10,15-16,19-25H2,1-2H3. The van der Waals surface area contributed by atoms with Gasteiger partial charge in [-0.25, -0.2) is 17.5 Å². The van der Waals surface area contributed by atoms with Crippen molar-refractivity contribution in [2.75, 3.05) is 40.3 Å². The molecule has 0 bridgehead atoms. The second kappa shape index (κ2) is 14.3. The van der Waals surface area contributed by atoms with Crippen molar-refractivity contribution in [2.24, 2.45) is 0 Å². The molecule has 1 amide bonds. The minimum Gasteiger partial charge on any atom is -0.453 e.